The highest BCUT2D eigenvalue weighted by molar-refractivity contribution is 6.01. The van der Waals surface area contributed by atoms with Gasteiger partial charge in [0.25, 0.3) is 0 Å². The number of aromatic nitrogens is 5. The average molecular weight is 372 g/mol. The number of methoxy groups -OCH3 is 1. The Morgan fingerprint density at radius 2 is 2.07 bits per heavy atom. The number of hydrogen-bond acceptors (Lipinski definition) is 6. The van der Waals surface area contributed by atoms with E-state index in [2.05, 4.69) is 30.5 Å². The van der Waals surface area contributed by atoms with Crippen LogP contribution >= 0.6 is 0 Å². The fourth-order valence-corrected chi connectivity index (χ4v) is 3.21. The molecule has 0 amide bonds. The normalized spacial score (nSPS) is 11.0. The number of nitrogens with zero attached hydrogens (tertiary/aromatic N) is 3. The van der Waals surface area contributed by atoms with Crippen LogP contribution in [0.5, 0.6) is 5.75 Å². The van der Waals surface area contributed by atoms with Gasteiger partial charge in [0, 0.05) is 23.5 Å². The highest BCUT2D eigenvalue weighted by Gasteiger charge is 2.16. The smallest absolute Gasteiger partial charge is 0.144 e. The lowest BCUT2D eigenvalue weighted by molar-refractivity contribution is 0.417. The Hall–Kier alpha value is -4.07. The number of benzene rings is 1. The summed E-state index contributed by atoms with van der Waals surface area (Å²) in [5.74, 6) is 1.36. The van der Waals surface area contributed by atoms with Crippen LogP contribution in [0.15, 0.2) is 66.0 Å². The minimum absolute atomic E-state index is 0.659. The van der Waals surface area contributed by atoms with Crippen molar-refractivity contribution in [2.24, 2.45) is 0 Å². The van der Waals surface area contributed by atoms with Crippen LogP contribution < -0.4 is 10.1 Å². The minimum Gasteiger partial charge on any atom is -0.495 e. The monoisotopic (exact) mass is 372 g/mol. The number of nitrogens with one attached hydrogen (secondary N) is 3. The molecule has 8 nitrogen and oxygen atoms in total. The lowest BCUT2D eigenvalue weighted by Crippen LogP contribution is -1.99. The van der Waals surface area contributed by atoms with E-state index in [1.807, 2.05) is 36.5 Å². The maximum absolute atomic E-state index is 5.53. The minimum atomic E-state index is 0.659. The van der Waals surface area contributed by atoms with Gasteiger partial charge in [0.1, 0.15) is 23.5 Å². The van der Waals surface area contributed by atoms with Crippen molar-refractivity contribution in [1.29, 1.82) is 0 Å². The first-order valence-corrected chi connectivity index (χ1v) is 8.63. The van der Waals surface area contributed by atoms with Crippen LogP contribution in [0.4, 0.5) is 11.5 Å². The number of aromatic amines is 2. The molecule has 3 N–H and O–H groups in total. The Balaban J connectivity index is 1.62. The van der Waals surface area contributed by atoms with Gasteiger partial charge < -0.3 is 19.5 Å². The average Bonchev–Trinajstić information content (AvgIpc) is 3.49. The van der Waals surface area contributed by atoms with Crippen molar-refractivity contribution >= 4 is 22.5 Å². The zero-order valence-corrected chi connectivity index (χ0v) is 14.9. The van der Waals surface area contributed by atoms with Gasteiger partial charge in [0.2, 0.25) is 0 Å². The maximum Gasteiger partial charge on any atom is 0.144 e. The molecule has 0 aliphatic heterocycles. The second-order valence-electron chi connectivity index (χ2n) is 6.16. The number of furan rings is 1. The van der Waals surface area contributed by atoms with E-state index in [1.165, 1.54) is 6.33 Å². The van der Waals surface area contributed by atoms with Crippen LogP contribution in [0.2, 0.25) is 0 Å². The molecule has 0 fully saturated rings. The zero-order valence-electron chi connectivity index (χ0n) is 14.9. The predicted octanol–water partition coefficient (Wildman–Crippen LogP) is 4.36. The third kappa shape index (κ3) is 2.67. The first kappa shape index (κ1) is 16.1. The van der Waals surface area contributed by atoms with Crippen molar-refractivity contribution < 1.29 is 9.15 Å². The summed E-state index contributed by atoms with van der Waals surface area (Å²) in [6.45, 7) is 0. The van der Waals surface area contributed by atoms with E-state index in [0.29, 0.717) is 11.6 Å². The third-order valence-corrected chi connectivity index (χ3v) is 4.55. The van der Waals surface area contributed by atoms with Gasteiger partial charge in [-0.05, 0) is 29.8 Å². The fourth-order valence-electron chi connectivity index (χ4n) is 3.21. The summed E-state index contributed by atoms with van der Waals surface area (Å²) >= 11 is 0. The van der Waals surface area contributed by atoms with Crippen molar-refractivity contribution in [3.63, 3.8) is 0 Å². The van der Waals surface area contributed by atoms with Gasteiger partial charge >= 0.3 is 0 Å². The van der Waals surface area contributed by atoms with Gasteiger partial charge in [-0.15, -0.1) is 0 Å². The first-order valence-electron chi connectivity index (χ1n) is 8.63. The third-order valence-electron chi connectivity index (χ3n) is 4.55. The molecule has 0 bridgehead atoms. The van der Waals surface area contributed by atoms with Gasteiger partial charge in [-0.25, -0.2) is 9.97 Å². The molecule has 0 saturated heterocycles. The molecular formula is C20H16N6O2. The summed E-state index contributed by atoms with van der Waals surface area (Å²) in [5.41, 5.74) is 5.21. The van der Waals surface area contributed by atoms with Crippen LogP contribution in [-0.4, -0.2) is 32.3 Å². The molecule has 0 atom stereocenters. The quantitative estimate of drug-likeness (QED) is 0.423. The number of ether oxygens (including phenoxy) is 1. The van der Waals surface area contributed by atoms with E-state index in [4.69, 9.17) is 9.15 Å². The number of anilines is 2. The Kier molecular flexibility index (Phi) is 3.79. The number of H-pyrrole nitrogens is 2. The Morgan fingerprint density at radius 1 is 1.11 bits per heavy atom. The summed E-state index contributed by atoms with van der Waals surface area (Å²) in [6.07, 6.45) is 8.52. The molecule has 0 unspecified atom stereocenters. The Morgan fingerprint density at radius 3 is 2.86 bits per heavy atom. The van der Waals surface area contributed by atoms with E-state index in [0.717, 1.165) is 39.1 Å². The lowest BCUT2D eigenvalue weighted by atomic mass is 10.1. The van der Waals surface area contributed by atoms with Crippen molar-refractivity contribution in [1.82, 2.24) is 25.1 Å². The van der Waals surface area contributed by atoms with Crippen LogP contribution in [0.3, 0.4) is 0 Å². The highest BCUT2D eigenvalue weighted by Crippen LogP contribution is 2.36. The standard InChI is InChI=1S/C20H16N6O2/c1-27-17-3-2-12(13-5-7-28-10-13)8-16(17)25-20-18-14(15-4-6-24-26-15)9-21-19(18)22-11-23-20/h2-11H,1H3,(H,24,26)(H2,21,22,23,25). The van der Waals surface area contributed by atoms with Crippen LogP contribution in [0.25, 0.3) is 33.4 Å². The SMILES string of the molecule is COc1ccc(-c2ccoc2)cc1Nc1ncnc2[nH]cc(-c3cc[nH]n3)c12. The summed E-state index contributed by atoms with van der Waals surface area (Å²) in [6, 6.07) is 9.71. The first-order chi connectivity index (χ1) is 13.8. The van der Waals surface area contributed by atoms with E-state index >= 15 is 0 Å². The molecule has 138 valence electrons. The molecule has 4 heterocycles. The van der Waals surface area contributed by atoms with Gasteiger partial charge in [-0.1, -0.05) is 6.07 Å². The van der Waals surface area contributed by atoms with Crippen LogP contribution in [0.1, 0.15) is 0 Å². The molecule has 1 aromatic carbocycles. The largest absolute Gasteiger partial charge is 0.495 e. The Labute approximate surface area is 159 Å². The molecule has 5 aromatic rings. The second kappa shape index (κ2) is 6.58. The van der Waals surface area contributed by atoms with E-state index in [1.54, 1.807) is 25.8 Å². The molecule has 5 rings (SSSR count). The second-order valence-corrected chi connectivity index (χ2v) is 6.16. The van der Waals surface area contributed by atoms with E-state index in [-0.39, 0.29) is 0 Å². The van der Waals surface area contributed by atoms with E-state index in [9.17, 15) is 0 Å². The zero-order chi connectivity index (χ0) is 18.9. The van der Waals surface area contributed by atoms with Gasteiger partial charge in [-0.2, -0.15) is 5.10 Å². The molecule has 0 aliphatic rings. The van der Waals surface area contributed by atoms with Crippen LogP contribution in [0, 0.1) is 0 Å². The van der Waals surface area contributed by atoms with Crippen LogP contribution in [-0.2, 0) is 0 Å². The summed E-state index contributed by atoms with van der Waals surface area (Å²) in [7, 11) is 1.64. The molecule has 0 spiro atoms. The number of fused-ring (bicyclic) bond motifs is 1. The number of hydrogen-bond donors (Lipinski definition) is 3. The van der Waals surface area contributed by atoms with Gasteiger partial charge in [0.05, 0.1) is 36.4 Å². The highest BCUT2D eigenvalue weighted by atomic mass is 16.5. The maximum atomic E-state index is 5.53. The summed E-state index contributed by atoms with van der Waals surface area (Å²) < 4.78 is 10.7. The van der Waals surface area contributed by atoms with Gasteiger partial charge in [0.15, 0.2) is 0 Å². The molecular weight excluding hydrogens is 356 g/mol. The lowest BCUT2D eigenvalue weighted by Gasteiger charge is -2.13. The van der Waals surface area contributed by atoms with Gasteiger partial charge in [-0.3, -0.25) is 5.10 Å². The van der Waals surface area contributed by atoms with Crippen molar-refractivity contribution in [2.45, 2.75) is 0 Å². The van der Waals surface area contributed by atoms with Crippen molar-refractivity contribution in [3.8, 4) is 28.1 Å². The summed E-state index contributed by atoms with van der Waals surface area (Å²) in [5, 5.41) is 11.4. The molecule has 0 saturated carbocycles. The predicted molar refractivity (Wildman–Crippen MR) is 105 cm³/mol. The van der Waals surface area contributed by atoms with Crippen molar-refractivity contribution in [3.05, 3.63) is 61.6 Å². The molecule has 0 radical (unpaired) electrons. The Bertz CT molecular complexity index is 1230. The molecule has 4 aromatic heterocycles. The number of rotatable bonds is 5. The molecule has 0 aliphatic carbocycles. The van der Waals surface area contributed by atoms with Crippen molar-refractivity contribution in [2.75, 3.05) is 12.4 Å². The topological polar surface area (TPSA) is 105 Å². The fraction of sp³-hybridized carbons (Fsp3) is 0.0500. The van der Waals surface area contributed by atoms with E-state index < -0.39 is 0 Å². The molecule has 28 heavy (non-hydrogen) atoms. The molecule has 8 heteroatoms. The summed E-state index contributed by atoms with van der Waals surface area (Å²) in [4.78, 5) is 12.0.